The summed E-state index contributed by atoms with van der Waals surface area (Å²) in [6, 6.07) is 1.28. The van der Waals surface area contributed by atoms with E-state index in [1.165, 1.54) is 6.07 Å². The average molecular weight is 243 g/mol. The lowest BCUT2D eigenvalue weighted by molar-refractivity contribution is 0.621. The van der Waals surface area contributed by atoms with Gasteiger partial charge in [0.15, 0.2) is 0 Å². The third-order valence-electron chi connectivity index (χ3n) is 1.33. The first-order valence-corrected chi connectivity index (χ1v) is 4.82. The van der Waals surface area contributed by atoms with Crippen LogP contribution in [0.4, 0.5) is 10.2 Å². The molecule has 0 amide bonds. The predicted molar refractivity (Wildman–Crippen MR) is 53.9 cm³/mol. The highest BCUT2D eigenvalue weighted by atomic mass is 79.9. The lowest BCUT2D eigenvalue weighted by Gasteiger charge is -1.95. The molecule has 0 bridgehead atoms. The summed E-state index contributed by atoms with van der Waals surface area (Å²) in [4.78, 5) is 3.65. The molecule has 0 radical (unpaired) electrons. The van der Waals surface area contributed by atoms with Gasteiger partial charge in [-0.2, -0.15) is 0 Å². The topological polar surface area (TPSA) is 38.9 Å². The molecule has 1 aromatic heterocycles. The lowest BCUT2D eigenvalue weighted by atomic mass is 10.2. The summed E-state index contributed by atoms with van der Waals surface area (Å²) in [5, 5.41) is 0.794. The van der Waals surface area contributed by atoms with Crippen molar-refractivity contribution in [2.75, 3.05) is 11.1 Å². The van der Waals surface area contributed by atoms with Crippen molar-refractivity contribution in [3.8, 4) is 11.8 Å². The Morgan fingerprint density at radius 1 is 1.62 bits per heavy atom. The number of nitrogens with zero attached hydrogens (tertiary/aromatic N) is 1. The van der Waals surface area contributed by atoms with E-state index in [9.17, 15) is 4.39 Å². The molecule has 13 heavy (non-hydrogen) atoms. The third-order valence-corrected chi connectivity index (χ3v) is 1.72. The molecule has 0 aliphatic rings. The second-order valence-electron chi connectivity index (χ2n) is 2.33. The van der Waals surface area contributed by atoms with Crippen molar-refractivity contribution in [3.63, 3.8) is 0 Å². The summed E-state index contributed by atoms with van der Waals surface area (Å²) in [6.45, 7) is 0. The van der Waals surface area contributed by atoms with Crippen LogP contribution < -0.4 is 5.73 Å². The third kappa shape index (κ3) is 3.03. The Kier molecular flexibility index (Phi) is 3.71. The summed E-state index contributed by atoms with van der Waals surface area (Å²) >= 11 is 3.23. The second kappa shape index (κ2) is 4.83. The highest BCUT2D eigenvalue weighted by Gasteiger charge is 1.97. The fourth-order valence-corrected chi connectivity index (χ4v) is 0.953. The molecule has 0 aliphatic carbocycles. The van der Waals surface area contributed by atoms with Gasteiger partial charge >= 0.3 is 0 Å². The maximum atomic E-state index is 12.7. The molecular weight excluding hydrogens is 235 g/mol. The number of anilines is 1. The molecule has 0 aromatic carbocycles. The number of aromatic nitrogens is 1. The molecule has 2 N–H and O–H groups in total. The fourth-order valence-electron chi connectivity index (χ4n) is 0.755. The monoisotopic (exact) mass is 242 g/mol. The van der Waals surface area contributed by atoms with E-state index < -0.39 is 5.82 Å². The first-order chi connectivity index (χ1) is 6.24. The predicted octanol–water partition coefficient (Wildman–Crippen LogP) is 1.94. The zero-order valence-corrected chi connectivity index (χ0v) is 8.44. The molecule has 0 spiro atoms. The quantitative estimate of drug-likeness (QED) is 0.604. The van der Waals surface area contributed by atoms with Gasteiger partial charge in [-0.15, -0.1) is 0 Å². The number of nitrogen functional groups attached to an aromatic ring is 1. The molecule has 1 heterocycles. The van der Waals surface area contributed by atoms with Gasteiger partial charge in [0.05, 0.1) is 11.8 Å². The number of alkyl halides is 1. The summed E-state index contributed by atoms with van der Waals surface area (Å²) in [5.74, 6) is 5.43. The van der Waals surface area contributed by atoms with Crippen molar-refractivity contribution in [2.24, 2.45) is 0 Å². The van der Waals surface area contributed by atoms with Crippen LogP contribution in [0.3, 0.4) is 0 Å². The Balaban J connectivity index is 2.89. The van der Waals surface area contributed by atoms with E-state index in [0.717, 1.165) is 11.5 Å². The molecule has 0 saturated carbocycles. The van der Waals surface area contributed by atoms with Crippen LogP contribution in [0.15, 0.2) is 12.3 Å². The van der Waals surface area contributed by atoms with Crippen molar-refractivity contribution in [1.82, 2.24) is 4.98 Å². The molecule has 0 aliphatic heterocycles. The van der Waals surface area contributed by atoms with Crippen LogP contribution >= 0.6 is 15.9 Å². The first kappa shape index (κ1) is 10.0. The number of pyridine rings is 1. The fraction of sp³-hybridized carbons (Fsp3) is 0.222. The van der Waals surface area contributed by atoms with Gasteiger partial charge in [-0.3, -0.25) is 0 Å². The van der Waals surface area contributed by atoms with Gasteiger partial charge in [0.2, 0.25) is 0 Å². The van der Waals surface area contributed by atoms with E-state index in [4.69, 9.17) is 5.73 Å². The van der Waals surface area contributed by atoms with Crippen LogP contribution in [0.5, 0.6) is 0 Å². The number of halogens is 2. The normalized spacial score (nSPS) is 9.08. The molecular formula is C9H8BrFN2. The summed E-state index contributed by atoms with van der Waals surface area (Å²) in [7, 11) is 0. The maximum Gasteiger partial charge on any atom is 0.142 e. The van der Waals surface area contributed by atoms with Crippen molar-refractivity contribution in [2.45, 2.75) is 6.42 Å². The summed E-state index contributed by atoms with van der Waals surface area (Å²) in [5.41, 5.74) is 5.92. The molecule has 0 unspecified atom stereocenters. The Labute approximate surface area is 84.5 Å². The molecule has 1 rings (SSSR count). The van der Waals surface area contributed by atoms with Gasteiger partial charge in [0.25, 0.3) is 0 Å². The van der Waals surface area contributed by atoms with Crippen molar-refractivity contribution >= 4 is 21.7 Å². The second-order valence-corrected chi connectivity index (χ2v) is 3.12. The molecule has 4 heteroatoms. The standard InChI is InChI=1S/C9H8BrFN2/c10-4-2-1-3-7-5-8(11)6-13-9(7)12/h5-6H,2,4H2,(H2,12,13). The smallest absolute Gasteiger partial charge is 0.142 e. The van der Waals surface area contributed by atoms with Gasteiger partial charge in [-0.25, -0.2) is 9.37 Å². The Morgan fingerprint density at radius 2 is 2.38 bits per heavy atom. The molecule has 0 fully saturated rings. The lowest BCUT2D eigenvalue weighted by Crippen LogP contribution is -1.95. The van der Waals surface area contributed by atoms with Crippen LogP contribution in [0.25, 0.3) is 0 Å². The van der Waals surface area contributed by atoms with E-state index in [1.54, 1.807) is 0 Å². The SMILES string of the molecule is Nc1ncc(F)cc1C#CCCBr. The highest BCUT2D eigenvalue weighted by Crippen LogP contribution is 2.07. The number of hydrogen-bond acceptors (Lipinski definition) is 2. The van der Waals surface area contributed by atoms with Gasteiger partial charge < -0.3 is 5.73 Å². The average Bonchev–Trinajstić information content (AvgIpc) is 2.11. The van der Waals surface area contributed by atoms with Crippen LogP contribution in [0.1, 0.15) is 12.0 Å². The maximum absolute atomic E-state index is 12.7. The summed E-state index contributed by atoms with van der Waals surface area (Å²) in [6.07, 6.45) is 1.78. The number of nitrogens with two attached hydrogens (primary N) is 1. The van der Waals surface area contributed by atoms with Gasteiger partial charge in [-0.1, -0.05) is 27.8 Å². The molecule has 0 saturated heterocycles. The molecule has 68 valence electrons. The Bertz CT molecular complexity index is 354. The van der Waals surface area contributed by atoms with E-state index in [-0.39, 0.29) is 5.82 Å². The first-order valence-electron chi connectivity index (χ1n) is 3.70. The van der Waals surface area contributed by atoms with Crippen LogP contribution in [-0.2, 0) is 0 Å². The van der Waals surface area contributed by atoms with Crippen molar-refractivity contribution in [1.29, 1.82) is 0 Å². The van der Waals surface area contributed by atoms with E-state index in [0.29, 0.717) is 12.0 Å². The Hall–Kier alpha value is -1.08. The van der Waals surface area contributed by atoms with Gasteiger partial charge in [0.1, 0.15) is 11.6 Å². The zero-order valence-electron chi connectivity index (χ0n) is 6.85. The van der Waals surface area contributed by atoms with Crippen LogP contribution in [0.2, 0.25) is 0 Å². The number of rotatable bonds is 1. The van der Waals surface area contributed by atoms with Crippen molar-refractivity contribution in [3.05, 3.63) is 23.6 Å². The zero-order chi connectivity index (χ0) is 9.68. The molecule has 0 atom stereocenters. The highest BCUT2D eigenvalue weighted by molar-refractivity contribution is 9.09. The van der Waals surface area contributed by atoms with Crippen LogP contribution in [0, 0.1) is 17.7 Å². The Morgan fingerprint density at radius 3 is 3.08 bits per heavy atom. The largest absolute Gasteiger partial charge is 0.383 e. The minimum Gasteiger partial charge on any atom is -0.383 e. The van der Waals surface area contributed by atoms with E-state index >= 15 is 0 Å². The minimum absolute atomic E-state index is 0.267. The van der Waals surface area contributed by atoms with E-state index in [1.807, 2.05) is 0 Å². The van der Waals surface area contributed by atoms with Gasteiger partial charge in [0, 0.05) is 11.8 Å². The van der Waals surface area contributed by atoms with Gasteiger partial charge in [-0.05, 0) is 6.07 Å². The summed E-state index contributed by atoms with van der Waals surface area (Å²) < 4.78 is 12.7. The molecule has 2 nitrogen and oxygen atoms in total. The molecule has 1 aromatic rings. The number of hydrogen-bond donors (Lipinski definition) is 1. The minimum atomic E-state index is -0.419. The van der Waals surface area contributed by atoms with Crippen molar-refractivity contribution < 1.29 is 4.39 Å². The van der Waals surface area contributed by atoms with Crippen LogP contribution in [-0.4, -0.2) is 10.3 Å². The van der Waals surface area contributed by atoms with E-state index in [2.05, 4.69) is 32.8 Å².